The van der Waals surface area contributed by atoms with Gasteiger partial charge in [0.15, 0.2) is 5.96 Å². The minimum atomic E-state index is 0.211. The van der Waals surface area contributed by atoms with Crippen LogP contribution < -0.4 is 5.73 Å². The Balaban J connectivity index is 2.09. The molecular formula is C14H19N3. The molecule has 0 amide bonds. The molecule has 0 aromatic heterocycles. The molecule has 0 saturated carbocycles. The van der Waals surface area contributed by atoms with Gasteiger partial charge in [-0.2, -0.15) is 0 Å². The van der Waals surface area contributed by atoms with Gasteiger partial charge in [-0.25, -0.2) is 0 Å². The summed E-state index contributed by atoms with van der Waals surface area (Å²) in [7, 11) is 0. The SMILES string of the molecule is Cc1ccc2c3c1CCCC3CN(C(=N)N)C2. The van der Waals surface area contributed by atoms with Gasteiger partial charge in [-0.15, -0.1) is 0 Å². The molecule has 0 spiro atoms. The van der Waals surface area contributed by atoms with E-state index in [1.54, 1.807) is 11.1 Å². The highest BCUT2D eigenvalue weighted by Crippen LogP contribution is 2.39. The van der Waals surface area contributed by atoms with Gasteiger partial charge >= 0.3 is 0 Å². The predicted octanol–water partition coefficient (Wildman–Crippen LogP) is 2.12. The van der Waals surface area contributed by atoms with Crippen LogP contribution in [-0.4, -0.2) is 17.4 Å². The van der Waals surface area contributed by atoms with E-state index in [-0.39, 0.29) is 5.96 Å². The van der Waals surface area contributed by atoms with E-state index in [2.05, 4.69) is 19.1 Å². The summed E-state index contributed by atoms with van der Waals surface area (Å²) in [5.74, 6) is 0.801. The van der Waals surface area contributed by atoms with Crippen LogP contribution in [0.2, 0.25) is 0 Å². The molecule has 1 aromatic rings. The van der Waals surface area contributed by atoms with Crippen molar-refractivity contribution in [3.8, 4) is 0 Å². The third-order valence-electron chi connectivity index (χ3n) is 4.21. The van der Waals surface area contributed by atoms with Gasteiger partial charge in [0.1, 0.15) is 0 Å². The standard InChI is InChI=1S/C14H19N3/c1-9-5-6-11-8-17(14(15)16)7-10-3-2-4-12(9)13(10)11/h5-6,10H,2-4,7-8H2,1H3,(H3,15,16). The van der Waals surface area contributed by atoms with E-state index in [1.807, 2.05) is 4.90 Å². The Morgan fingerprint density at radius 1 is 1.47 bits per heavy atom. The molecular weight excluding hydrogens is 210 g/mol. The Bertz CT molecular complexity index is 479. The van der Waals surface area contributed by atoms with Crippen molar-refractivity contribution in [3.05, 3.63) is 34.4 Å². The van der Waals surface area contributed by atoms with Gasteiger partial charge in [-0.05, 0) is 48.4 Å². The Hall–Kier alpha value is -1.51. The number of aryl methyl sites for hydroxylation is 1. The molecule has 2 aliphatic rings. The number of guanidine groups is 1. The van der Waals surface area contributed by atoms with E-state index >= 15 is 0 Å². The molecule has 1 heterocycles. The lowest BCUT2D eigenvalue weighted by Crippen LogP contribution is -2.43. The minimum absolute atomic E-state index is 0.211. The van der Waals surface area contributed by atoms with Gasteiger partial charge in [-0.3, -0.25) is 5.41 Å². The van der Waals surface area contributed by atoms with Crippen LogP contribution in [0.25, 0.3) is 0 Å². The Labute approximate surface area is 102 Å². The average molecular weight is 229 g/mol. The van der Waals surface area contributed by atoms with Gasteiger partial charge in [0.25, 0.3) is 0 Å². The fraction of sp³-hybridized carbons (Fsp3) is 0.500. The molecule has 1 atom stereocenters. The second kappa shape index (κ2) is 3.76. The molecule has 3 nitrogen and oxygen atoms in total. The summed E-state index contributed by atoms with van der Waals surface area (Å²) in [6, 6.07) is 4.45. The topological polar surface area (TPSA) is 53.1 Å². The molecule has 1 aliphatic carbocycles. The molecule has 0 radical (unpaired) electrons. The van der Waals surface area contributed by atoms with Crippen LogP contribution in [0.5, 0.6) is 0 Å². The van der Waals surface area contributed by atoms with Crippen molar-refractivity contribution in [2.24, 2.45) is 5.73 Å². The minimum Gasteiger partial charge on any atom is -0.370 e. The van der Waals surface area contributed by atoms with Crippen LogP contribution in [-0.2, 0) is 13.0 Å². The Morgan fingerprint density at radius 2 is 2.29 bits per heavy atom. The maximum atomic E-state index is 7.61. The average Bonchev–Trinajstić information content (AvgIpc) is 2.33. The van der Waals surface area contributed by atoms with Gasteiger partial charge in [-0.1, -0.05) is 12.1 Å². The zero-order valence-corrected chi connectivity index (χ0v) is 10.3. The zero-order valence-electron chi connectivity index (χ0n) is 10.3. The number of hydrogen-bond acceptors (Lipinski definition) is 1. The van der Waals surface area contributed by atoms with E-state index in [9.17, 15) is 0 Å². The van der Waals surface area contributed by atoms with Crippen molar-refractivity contribution in [2.45, 2.75) is 38.6 Å². The summed E-state index contributed by atoms with van der Waals surface area (Å²) in [4.78, 5) is 2.00. The van der Waals surface area contributed by atoms with Crippen LogP contribution in [0.4, 0.5) is 0 Å². The summed E-state index contributed by atoms with van der Waals surface area (Å²) >= 11 is 0. The molecule has 0 saturated heterocycles. The molecule has 0 bridgehead atoms. The van der Waals surface area contributed by atoms with Gasteiger partial charge in [0, 0.05) is 19.0 Å². The summed E-state index contributed by atoms with van der Waals surface area (Å²) in [5.41, 5.74) is 11.6. The second-order valence-electron chi connectivity index (χ2n) is 5.29. The largest absolute Gasteiger partial charge is 0.370 e. The fourth-order valence-electron chi connectivity index (χ4n) is 3.37. The Morgan fingerprint density at radius 3 is 3.06 bits per heavy atom. The van der Waals surface area contributed by atoms with E-state index in [0.717, 1.165) is 13.1 Å². The third-order valence-corrected chi connectivity index (χ3v) is 4.21. The maximum absolute atomic E-state index is 7.61. The van der Waals surface area contributed by atoms with Crippen molar-refractivity contribution in [2.75, 3.05) is 6.54 Å². The first kappa shape index (κ1) is 10.6. The molecule has 1 aromatic carbocycles. The van der Waals surface area contributed by atoms with Crippen molar-refractivity contribution >= 4 is 5.96 Å². The number of rotatable bonds is 0. The summed E-state index contributed by atoms with van der Waals surface area (Å²) in [5, 5.41) is 7.61. The van der Waals surface area contributed by atoms with Crippen LogP contribution >= 0.6 is 0 Å². The summed E-state index contributed by atoms with van der Waals surface area (Å²) in [6.45, 7) is 3.96. The van der Waals surface area contributed by atoms with E-state index in [1.165, 1.54) is 30.4 Å². The lowest BCUT2D eigenvalue weighted by molar-refractivity contribution is 0.324. The second-order valence-corrected chi connectivity index (χ2v) is 5.29. The van der Waals surface area contributed by atoms with E-state index < -0.39 is 0 Å². The highest BCUT2D eigenvalue weighted by molar-refractivity contribution is 5.75. The third kappa shape index (κ3) is 1.61. The van der Waals surface area contributed by atoms with Gasteiger partial charge in [0.05, 0.1) is 0 Å². The molecule has 3 heteroatoms. The van der Waals surface area contributed by atoms with Crippen LogP contribution in [0.1, 0.15) is 41.0 Å². The first-order valence-corrected chi connectivity index (χ1v) is 6.37. The molecule has 3 rings (SSSR count). The summed E-state index contributed by atoms with van der Waals surface area (Å²) in [6.07, 6.45) is 3.74. The van der Waals surface area contributed by atoms with E-state index in [0.29, 0.717) is 5.92 Å². The van der Waals surface area contributed by atoms with Crippen molar-refractivity contribution in [1.29, 1.82) is 5.41 Å². The fourth-order valence-corrected chi connectivity index (χ4v) is 3.37. The number of benzene rings is 1. The monoisotopic (exact) mass is 229 g/mol. The normalized spacial score (nSPS) is 22.2. The maximum Gasteiger partial charge on any atom is 0.188 e. The summed E-state index contributed by atoms with van der Waals surface area (Å²) < 4.78 is 0. The van der Waals surface area contributed by atoms with Gasteiger partial charge < -0.3 is 10.6 Å². The first-order valence-electron chi connectivity index (χ1n) is 6.37. The lowest BCUT2D eigenvalue weighted by atomic mass is 9.76. The van der Waals surface area contributed by atoms with Crippen molar-refractivity contribution in [1.82, 2.24) is 4.90 Å². The number of nitrogens with zero attached hydrogens (tertiary/aromatic N) is 1. The molecule has 1 unspecified atom stereocenters. The quantitative estimate of drug-likeness (QED) is 0.529. The number of nitrogens with two attached hydrogens (primary N) is 1. The molecule has 1 aliphatic heterocycles. The number of nitrogens with one attached hydrogen (secondary N) is 1. The smallest absolute Gasteiger partial charge is 0.188 e. The Kier molecular flexibility index (Phi) is 2.35. The van der Waals surface area contributed by atoms with Crippen molar-refractivity contribution in [3.63, 3.8) is 0 Å². The van der Waals surface area contributed by atoms with Gasteiger partial charge in [0.2, 0.25) is 0 Å². The molecule has 3 N–H and O–H groups in total. The highest BCUT2D eigenvalue weighted by atomic mass is 15.2. The zero-order chi connectivity index (χ0) is 12.0. The highest BCUT2D eigenvalue weighted by Gasteiger charge is 2.30. The molecule has 17 heavy (non-hydrogen) atoms. The molecule has 0 fully saturated rings. The predicted molar refractivity (Wildman–Crippen MR) is 69.2 cm³/mol. The van der Waals surface area contributed by atoms with Crippen LogP contribution in [0.3, 0.4) is 0 Å². The first-order chi connectivity index (χ1) is 8.16. The van der Waals surface area contributed by atoms with E-state index in [4.69, 9.17) is 11.1 Å². The van der Waals surface area contributed by atoms with Crippen molar-refractivity contribution < 1.29 is 0 Å². The molecule has 90 valence electrons. The number of hydrogen-bond donors (Lipinski definition) is 2. The van der Waals surface area contributed by atoms with Crippen LogP contribution in [0, 0.1) is 12.3 Å². The lowest BCUT2D eigenvalue weighted by Gasteiger charge is -2.39. The van der Waals surface area contributed by atoms with Crippen LogP contribution in [0.15, 0.2) is 12.1 Å².